The Kier molecular flexibility index (Phi) is 27.7. The van der Waals surface area contributed by atoms with E-state index in [2.05, 4.69) is 52.9 Å². The molecule has 15 N–H and O–H groups in total. The van der Waals surface area contributed by atoms with E-state index < -0.39 is 248 Å². The maximum Gasteiger partial charge on any atom is 0.317 e. The molecule has 4 saturated carbocycles. The average Bonchev–Trinajstić information content (AvgIpc) is 0.666. The summed E-state index contributed by atoms with van der Waals surface area (Å²) in [6.45, 7) is 20.2. The van der Waals surface area contributed by atoms with Gasteiger partial charge in [0.15, 0.2) is 43.7 Å². The Balaban J connectivity index is 0.850. The molecular formula is C78H129NO29. The van der Waals surface area contributed by atoms with E-state index >= 15 is 4.79 Å². The van der Waals surface area contributed by atoms with E-state index in [-0.39, 0.29) is 43.7 Å². The van der Waals surface area contributed by atoms with E-state index in [0.717, 1.165) is 44.0 Å². The second-order valence-corrected chi connectivity index (χ2v) is 35.8. The first-order valence-electron chi connectivity index (χ1n) is 40.2. The van der Waals surface area contributed by atoms with Crippen molar-refractivity contribution in [3.63, 3.8) is 0 Å². The fourth-order valence-corrected chi connectivity index (χ4v) is 21.2. The fourth-order valence-electron chi connectivity index (χ4n) is 21.2. The summed E-state index contributed by atoms with van der Waals surface area (Å²) in [4.78, 5) is 44.8. The molecule has 1 amide bonds. The van der Waals surface area contributed by atoms with Gasteiger partial charge in [-0.15, -0.1) is 0 Å². The standard InChI is InChI=1S/C78H129NO29/c1-12-13-14-15-16-17-18-19-20-21-28-79-65(95)62-59(94)61(104-67-57(92)53(88)45(83)34-98-67)64(107-69-58(93)55(90)54(89)46(32-80)102-69)71(105-62)101-41-24-25-75(9)47-23-22-42-43-30-73(6,7)26-27-78(43,49(84)31-76(42,10)77(47,11)35-74(8,36-81)48(75)29-41)72(96)108-70-63(56(91)52(87)39(4)99-70)106-68-51(86)38(3)60(40(5)100-68)103-66-50(85)37(2)44(82)33-97-66/h22,36-41,43-64,66-71,80,82-94H,12-21,23-35H2,1-11H3,(H,79,95)/t37-,38-,39?,40?,41+,43?,44-,45-,46?,47?,48?,49-,50?,51?,52+,53-,54+,55-,56-,57?,58?,59+,60-,61-,62?,63?,64?,66+,67+,68+,69+,70+,71-,74-,75-,76-,77-,78-/m1/s1. The fraction of sp³-hybridized carbons (Fsp3) is 0.936. The van der Waals surface area contributed by atoms with Crippen molar-refractivity contribution < 1.29 is 143 Å². The van der Waals surface area contributed by atoms with Gasteiger partial charge in [0.05, 0.1) is 56.4 Å². The molecule has 6 heterocycles. The normalized spacial score (nSPS) is 50.2. The number of aliphatic hydroxyl groups is 14. The zero-order valence-electron chi connectivity index (χ0n) is 64.9. The lowest BCUT2D eigenvalue weighted by atomic mass is 9.32. The summed E-state index contributed by atoms with van der Waals surface area (Å²) in [5.41, 5.74) is -4.32. The second-order valence-electron chi connectivity index (χ2n) is 35.8. The van der Waals surface area contributed by atoms with Gasteiger partial charge in [0, 0.05) is 23.8 Å². The highest BCUT2D eigenvalue weighted by molar-refractivity contribution is 5.82. The molecule has 0 spiro atoms. The van der Waals surface area contributed by atoms with Gasteiger partial charge in [-0.25, -0.2) is 0 Å². The third-order valence-electron chi connectivity index (χ3n) is 28.1. The molecule has 10 fully saturated rings. The highest BCUT2D eigenvalue weighted by atomic mass is 16.8. The Hall–Kier alpha value is -2.65. The number of carbonyl (C=O) groups is 3. The molecule has 0 radical (unpaired) electrons. The minimum absolute atomic E-state index is 0.0758. The highest BCUT2D eigenvalue weighted by Gasteiger charge is 2.74. The first-order chi connectivity index (χ1) is 51.0. The molecule has 13 unspecified atom stereocenters. The third kappa shape index (κ3) is 16.5. The van der Waals surface area contributed by atoms with E-state index in [1.165, 1.54) is 32.6 Å². The number of aliphatic hydroxyl groups excluding tert-OH is 14. The van der Waals surface area contributed by atoms with Crippen LogP contribution in [0.25, 0.3) is 0 Å². The summed E-state index contributed by atoms with van der Waals surface area (Å²) in [6.07, 6.45) is -26.2. The average molecular weight is 1540 g/mol. The van der Waals surface area contributed by atoms with E-state index in [4.69, 9.17) is 56.8 Å². The molecule has 30 heteroatoms. The monoisotopic (exact) mass is 1540 g/mol. The number of ether oxygens (including phenoxy) is 12. The first-order valence-corrected chi connectivity index (χ1v) is 40.2. The summed E-state index contributed by atoms with van der Waals surface area (Å²) >= 11 is 0. The number of carbonyl (C=O) groups excluding carboxylic acids is 3. The van der Waals surface area contributed by atoms with Crippen molar-refractivity contribution in [2.75, 3.05) is 26.4 Å². The van der Waals surface area contributed by atoms with Gasteiger partial charge in [0.1, 0.15) is 97.2 Å². The zero-order chi connectivity index (χ0) is 78.7. The van der Waals surface area contributed by atoms with Crippen molar-refractivity contribution in [1.82, 2.24) is 5.32 Å². The van der Waals surface area contributed by atoms with Crippen molar-refractivity contribution in [2.24, 2.45) is 62.1 Å². The molecule has 0 aromatic heterocycles. The molecule has 11 aliphatic rings. The lowest BCUT2D eigenvalue weighted by Gasteiger charge is -2.72. The van der Waals surface area contributed by atoms with Gasteiger partial charge in [-0.05, 0) is 117 Å². The number of hydrogen-bond acceptors (Lipinski definition) is 29. The Labute approximate surface area is 634 Å². The van der Waals surface area contributed by atoms with Gasteiger partial charge in [-0.1, -0.05) is 132 Å². The van der Waals surface area contributed by atoms with E-state index in [9.17, 15) is 81.1 Å². The van der Waals surface area contributed by atoms with Gasteiger partial charge in [-0.3, -0.25) is 9.59 Å². The van der Waals surface area contributed by atoms with Crippen LogP contribution in [-0.4, -0.2) is 288 Å². The molecule has 0 aromatic carbocycles. The van der Waals surface area contributed by atoms with Crippen LogP contribution < -0.4 is 5.32 Å². The lowest BCUT2D eigenvalue weighted by Crippen LogP contribution is -2.69. The Bertz CT molecular complexity index is 3030. The quantitative estimate of drug-likeness (QED) is 0.0193. The summed E-state index contributed by atoms with van der Waals surface area (Å²) in [6, 6.07) is 0. The Morgan fingerprint density at radius 1 is 0.556 bits per heavy atom. The van der Waals surface area contributed by atoms with Crippen LogP contribution in [0.4, 0.5) is 0 Å². The highest BCUT2D eigenvalue weighted by Crippen LogP contribution is 2.77. The van der Waals surface area contributed by atoms with Gasteiger partial charge in [0.25, 0.3) is 5.91 Å². The largest absolute Gasteiger partial charge is 0.432 e. The Morgan fingerprint density at radius 2 is 1.15 bits per heavy atom. The van der Waals surface area contributed by atoms with Crippen molar-refractivity contribution >= 4 is 18.2 Å². The molecule has 108 heavy (non-hydrogen) atoms. The molecule has 5 aliphatic carbocycles. The maximum atomic E-state index is 15.8. The number of unbranched alkanes of at least 4 members (excludes halogenated alkanes) is 9. The van der Waals surface area contributed by atoms with E-state index in [1.54, 1.807) is 20.8 Å². The van der Waals surface area contributed by atoms with Crippen LogP contribution in [0.2, 0.25) is 0 Å². The molecule has 0 bridgehead atoms. The minimum Gasteiger partial charge on any atom is -0.432 e. The van der Waals surface area contributed by atoms with Crippen LogP contribution in [0, 0.1) is 62.1 Å². The van der Waals surface area contributed by atoms with Crippen LogP contribution in [-0.2, 0) is 71.2 Å². The predicted octanol–water partition coefficient (Wildman–Crippen LogP) is 1.69. The second kappa shape index (κ2) is 34.7. The van der Waals surface area contributed by atoms with Gasteiger partial charge in [0.2, 0.25) is 6.29 Å². The number of nitrogens with one attached hydrogen (secondary N) is 1. The number of hydrogen-bond donors (Lipinski definition) is 15. The maximum absolute atomic E-state index is 15.8. The van der Waals surface area contributed by atoms with Crippen molar-refractivity contribution in [3.05, 3.63) is 11.6 Å². The molecule has 0 aromatic rings. The van der Waals surface area contributed by atoms with Gasteiger partial charge in [-0.2, -0.15) is 0 Å². The molecule has 620 valence electrons. The van der Waals surface area contributed by atoms with Crippen LogP contribution >= 0.6 is 0 Å². The number of allylic oxidation sites excluding steroid dienone is 2. The number of fused-ring (bicyclic) bond motifs is 7. The molecule has 6 saturated heterocycles. The summed E-state index contributed by atoms with van der Waals surface area (Å²) < 4.78 is 75.0. The van der Waals surface area contributed by atoms with Crippen LogP contribution in [0.3, 0.4) is 0 Å². The van der Waals surface area contributed by atoms with E-state index in [1.807, 2.05) is 6.92 Å². The van der Waals surface area contributed by atoms with Gasteiger partial charge < -0.3 is 138 Å². The zero-order valence-corrected chi connectivity index (χ0v) is 64.9. The van der Waals surface area contributed by atoms with Crippen LogP contribution in [0.5, 0.6) is 0 Å². The lowest BCUT2D eigenvalue weighted by molar-refractivity contribution is -0.388. The molecule has 30 nitrogen and oxygen atoms in total. The molecule has 6 aliphatic heterocycles. The first kappa shape index (κ1) is 86.2. The minimum atomic E-state index is -2.00. The van der Waals surface area contributed by atoms with Crippen molar-refractivity contribution in [1.29, 1.82) is 0 Å². The molecule has 38 atom stereocenters. The SMILES string of the molecule is CCCCCCCCCCCCNC(=O)C1O[C@@H](O[C@H]2CC[C@@]3(C)C(C2)[C@@](C)(C=O)C[C@]2(C)C3CC=C3C4CC(C)(C)CC[C@]4(C(=O)O[C@@H]4OC(C)[C@H](O)[C@@H](O)C4O[C@@H]4OC(C)[C@H](O[C@@H]5OC[C@@H](O)[C@@H](C)C5O)[C@H](C)C4O)[C@H](O)C[C@]32C)C(O[C@@H]2OC(CO)[C@H](O)[C@@H](O)C2O)[C@H](O[C@@H]2OC[C@@H](O)[C@@H](O)C2O)[C@@H]1O. The van der Waals surface area contributed by atoms with Crippen LogP contribution in [0.15, 0.2) is 11.6 Å². The van der Waals surface area contributed by atoms with Crippen molar-refractivity contribution in [3.8, 4) is 0 Å². The summed E-state index contributed by atoms with van der Waals surface area (Å²) in [5, 5.41) is 161. The van der Waals surface area contributed by atoms with Gasteiger partial charge >= 0.3 is 5.97 Å². The number of esters is 1. The summed E-state index contributed by atoms with van der Waals surface area (Å²) in [7, 11) is 0. The Morgan fingerprint density at radius 3 is 1.81 bits per heavy atom. The number of aldehydes is 1. The summed E-state index contributed by atoms with van der Waals surface area (Å²) in [5.74, 6) is -4.08. The van der Waals surface area contributed by atoms with Crippen LogP contribution in [0.1, 0.15) is 198 Å². The molecule has 11 rings (SSSR count). The molecular weight excluding hydrogens is 1410 g/mol. The third-order valence-corrected chi connectivity index (χ3v) is 28.1. The smallest absolute Gasteiger partial charge is 0.317 e. The topological polar surface area (TPSA) is 457 Å². The van der Waals surface area contributed by atoms with Crippen molar-refractivity contribution in [2.45, 2.75) is 370 Å². The number of amides is 1. The predicted molar refractivity (Wildman–Crippen MR) is 379 cm³/mol. The van der Waals surface area contributed by atoms with E-state index in [0.29, 0.717) is 44.9 Å². The number of rotatable bonds is 26.